The molecule has 3 nitrogen and oxygen atoms in total. The first-order chi connectivity index (χ1) is 9.15. The van der Waals surface area contributed by atoms with E-state index in [0.29, 0.717) is 17.3 Å². The predicted molar refractivity (Wildman–Crippen MR) is 81.5 cm³/mol. The van der Waals surface area contributed by atoms with E-state index in [2.05, 4.69) is 26.6 Å². The Morgan fingerprint density at radius 3 is 2.47 bits per heavy atom. The first-order valence-electron chi connectivity index (χ1n) is 5.69. The van der Waals surface area contributed by atoms with Crippen molar-refractivity contribution < 1.29 is 4.79 Å². The van der Waals surface area contributed by atoms with E-state index in [0.717, 1.165) is 10.0 Å². The number of halogens is 2. The molecule has 98 valence electrons. The Kier molecular flexibility index (Phi) is 4.82. The third-order valence-corrected chi connectivity index (χ3v) is 3.52. The topological polar surface area (TPSA) is 41.1 Å². The third-order valence-electron chi connectivity index (χ3n) is 2.50. The normalized spacial score (nSPS) is 10.0. The SMILES string of the molecule is O=C(NCc1ccccc1Br)Nc1ccc(Cl)cc1. The van der Waals surface area contributed by atoms with Crippen molar-refractivity contribution in [1.82, 2.24) is 5.32 Å². The summed E-state index contributed by atoms with van der Waals surface area (Å²) >= 11 is 9.21. The molecule has 2 aromatic carbocycles. The van der Waals surface area contributed by atoms with Crippen LogP contribution in [0.1, 0.15) is 5.56 Å². The van der Waals surface area contributed by atoms with Crippen LogP contribution in [0.15, 0.2) is 53.0 Å². The summed E-state index contributed by atoms with van der Waals surface area (Å²) in [6.07, 6.45) is 0. The van der Waals surface area contributed by atoms with Crippen LogP contribution in [-0.2, 0) is 6.54 Å². The standard InChI is InChI=1S/C14H12BrClN2O/c15-13-4-2-1-3-10(13)9-17-14(19)18-12-7-5-11(16)6-8-12/h1-8H,9H2,(H2,17,18,19). The largest absolute Gasteiger partial charge is 0.334 e. The summed E-state index contributed by atoms with van der Waals surface area (Å²) in [6.45, 7) is 0.459. The van der Waals surface area contributed by atoms with Crippen LogP contribution in [0.5, 0.6) is 0 Å². The minimum atomic E-state index is -0.252. The van der Waals surface area contributed by atoms with Crippen LogP contribution in [0.25, 0.3) is 0 Å². The Bertz CT molecular complexity index is 572. The van der Waals surface area contributed by atoms with Gasteiger partial charge in [0.2, 0.25) is 0 Å². The molecule has 0 aliphatic carbocycles. The molecule has 2 aromatic rings. The maximum absolute atomic E-state index is 11.7. The van der Waals surface area contributed by atoms with Gasteiger partial charge < -0.3 is 10.6 Å². The van der Waals surface area contributed by atoms with Gasteiger partial charge in [-0.05, 0) is 35.9 Å². The molecular weight excluding hydrogens is 328 g/mol. The van der Waals surface area contributed by atoms with E-state index in [-0.39, 0.29) is 6.03 Å². The zero-order chi connectivity index (χ0) is 13.7. The maximum atomic E-state index is 11.7. The van der Waals surface area contributed by atoms with Crippen LogP contribution in [0, 0.1) is 0 Å². The van der Waals surface area contributed by atoms with E-state index in [4.69, 9.17) is 11.6 Å². The maximum Gasteiger partial charge on any atom is 0.319 e. The van der Waals surface area contributed by atoms with Gasteiger partial charge in [0.25, 0.3) is 0 Å². The molecule has 0 unspecified atom stereocenters. The van der Waals surface area contributed by atoms with Gasteiger partial charge in [-0.15, -0.1) is 0 Å². The van der Waals surface area contributed by atoms with Gasteiger partial charge in [-0.25, -0.2) is 4.79 Å². The lowest BCUT2D eigenvalue weighted by Gasteiger charge is -2.08. The molecule has 0 heterocycles. The molecule has 5 heteroatoms. The molecular formula is C14H12BrClN2O. The molecule has 19 heavy (non-hydrogen) atoms. The van der Waals surface area contributed by atoms with E-state index < -0.39 is 0 Å². The highest BCUT2D eigenvalue weighted by Gasteiger charge is 2.03. The lowest BCUT2D eigenvalue weighted by atomic mass is 10.2. The smallest absolute Gasteiger partial charge is 0.319 e. The number of nitrogens with one attached hydrogen (secondary N) is 2. The Labute approximate surface area is 125 Å². The lowest BCUT2D eigenvalue weighted by Crippen LogP contribution is -2.28. The van der Waals surface area contributed by atoms with Crippen LogP contribution < -0.4 is 10.6 Å². The molecule has 0 fully saturated rings. The second kappa shape index (κ2) is 6.59. The average molecular weight is 340 g/mol. The number of anilines is 1. The van der Waals surface area contributed by atoms with E-state index in [1.807, 2.05) is 24.3 Å². The summed E-state index contributed by atoms with van der Waals surface area (Å²) in [7, 11) is 0. The summed E-state index contributed by atoms with van der Waals surface area (Å²) in [5.41, 5.74) is 1.72. The lowest BCUT2D eigenvalue weighted by molar-refractivity contribution is 0.251. The van der Waals surface area contributed by atoms with Crippen LogP contribution in [-0.4, -0.2) is 6.03 Å². The second-order valence-corrected chi connectivity index (χ2v) is 5.20. The fourth-order valence-electron chi connectivity index (χ4n) is 1.53. The Morgan fingerprint density at radius 1 is 1.11 bits per heavy atom. The van der Waals surface area contributed by atoms with Crippen LogP contribution >= 0.6 is 27.5 Å². The molecule has 0 radical (unpaired) electrons. The fraction of sp³-hybridized carbons (Fsp3) is 0.0714. The van der Waals surface area contributed by atoms with Crippen molar-refractivity contribution in [2.75, 3.05) is 5.32 Å². The number of urea groups is 1. The summed E-state index contributed by atoms with van der Waals surface area (Å²) in [6, 6.07) is 14.5. The molecule has 0 aliphatic rings. The van der Waals surface area contributed by atoms with E-state index in [1.54, 1.807) is 24.3 Å². The average Bonchev–Trinajstić information content (AvgIpc) is 2.40. The minimum absolute atomic E-state index is 0.252. The van der Waals surface area contributed by atoms with Crippen molar-refractivity contribution in [2.45, 2.75) is 6.54 Å². The zero-order valence-electron chi connectivity index (χ0n) is 9.99. The van der Waals surface area contributed by atoms with Crippen LogP contribution in [0.3, 0.4) is 0 Å². The second-order valence-electron chi connectivity index (χ2n) is 3.91. The Balaban J connectivity index is 1.88. The van der Waals surface area contributed by atoms with Gasteiger partial charge in [0.15, 0.2) is 0 Å². The quantitative estimate of drug-likeness (QED) is 0.853. The molecule has 0 spiro atoms. The highest BCUT2D eigenvalue weighted by Crippen LogP contribution is 2.16. The molecule has 0 saturated heterocycles. The number of carbonyl (C=O) groups excluding carboxylic acids is 1. The zero-order valence-corrected chi connectivity index (χ0v) is 12.3. The minimum Gasteiger partial charge on any atom is -0.334 e. The number of rotatable bonds is 3. The van der Waals surface area contributed by atoms with Gasteiger partial charge in [-0.1, -0.05) is 45.7 Å². The number of hydrogen-bond acceptors (Lipinski definition) is 1. The van der Waals surface area contributed by atoms with Gasteiger partial charge >= 0.3 is 6.03 Å². The molecule has 2 N–H and O–H groups in total. The first-order valence-corrected chi connectivity index (χ1v) is 6.86. The van der Waals surface area contributed by atoms with Gasteiger partial charge in [0, 0.05) is 21.7 Å². The third kappa shape index (κ3) is 4.26. The van der Waals surface area contributed by atoms with Gasteiger partial charge in [-0.2, -0.15) is 0 Å². The van der Waals surface area contributed by atoms with Gasteiger partial charge in [-0.3, -0.25) is 0 Å². The highest BCUT2D eigenvalue weighted by atomic mass is 79.9. The number of amides is 2. The number of benzene rings is 2. The van der Waals surface area contributed by atoms with Crippen LogP contribution in [0.4, 0.5) is 10.5 Å². The van der Waals surface area contributed by atoms with Crippen molar-refractivity contribution in [3.05, 3.63) is 63.6 Å². The van der Waals surface area contributed by atoms with Crippen molar-refractivity contribution in [3.8, 4) is 0 Å². The van der Waals surface area contributed by atoms with Gasteiger partial charge in [0.1, 0.15) is 0 Å². The van der Waals surface area contributed by atoms with Crippen molar-refractivity contribution in [1.29, 1.82) is 0 Å². The molecule has 0 aliphatic heterocycles. The molecule has 0 saturated carbocycles. The molecule has 0 bridgehead atoms. The fourth-order valence-corrected chi connectivity index (χ4v) is 2.08. The molecule has 0 atom stereocenters. The Hall–Kier alpha value is -1.52. The van der Waals surface area contributed by atoms with Crippen molar-refractivity contribution in [3.63, 3.8) is 0 Å². The summed E-state index contributed by atoms with van der Waals surface area (Å²) in [5, 5.41) is 6.16. The molecule has 2 rings (SSSR count). The summed E-state index contributed by atoms with van der Waals surface area (Å²) < 4.78 is 0.974. The first kappa shape index (κ1) is 13.9. The number of hydrogen-bond donors (Lipinski definition) is 2. The predicted octanol–water partition coefficient (Wildman–Crippen LogP) is 4.42. The van der Waals surface area contributed by atoms with E-state index >= 15 is 0 Å². The van der Waals surface area contributed by atoms with E-state index in [9.17, 15) is 4.79 Å². The van der Waals surface area contributed by atoms with Crippen LogP contribution in [0.2, 0.25) is 5.02 Å². The number of carbonyl (C=O) groups is 1. The summed E-state index contributed by atoms with van der Waals surface area (Å²) in [4.78, 5) is 11.7. The Morgan fingerprint density at radius 2 is 1.79 bits per heavy atom. The van der Waals surface area contributed by atoms with Gasteiger partial charge in [0.05, 0.1) is 0 Å². The highest BCUT2D eigenvalue weighted by molar-refractivity contribution is 9.10. The van der Waals surface area contributed by atoms with Crippen molar-refractivity contribution >= 4 is 39.2 Å². The van der Waals surface area contributed by atoms with E-state index in [1.165, 1.54) is 0 Å². The summed E-state index contributed by atoms with van der Waals surface area (Å²) in [5.74, 6) is 0. The monoisotopic (exact) mass is 338 g/mol. The molecule has 2 amide bonds. The van der Waals surface area contributed by atoms with Crippen molar-refractivity contribution in [2.24, 2.45) is 0 Å². The molecule has 0 aromatic heterocycles.